The number of aromatic nitrogens is 1. The minimum atomic E-state index is -4.55. The molecule has 1 saturated heterocycles. The van der Waals surface area contributed by atoms with Gasteiger partial charge in [0.25, 0.3) is 5.91 Å². The highest BCUT2D eigenvalue weighted by Crippen LogP contribution is 2.44. The number of nitrogens with one attached hydrogen (secondary N) is 1. The lowest BCUT2D eigenvalue weighted by atomic mass is 10.0. The highest BCUT2D eigenvalue weighted by Gasteiger charge is 2.47. The van der Waals surface area contributed by atoms with E-state index in [0.717, 1.165) is 4.90 Å². The largest absolute Gasteiger partial charge is 0.437 e. The number of rotatable bonds is 3. The predicted octanol–water partition coefficient (Wildman–Crippen LogP) is 4.15. The van der Waals surface area contributed by atoms with Crippen molar-refractivity contribution in [2.75, 3.05) is 4.90 Å². The van der Waals surface area contributed by atoms with Gasteiger partial charge in [-0.25, -0.2) is 14.7 Å². The Kier molecular flexibility index (Phi) is 4.50. The lowest BCUT2D eigenvalue weighted by Gasteiger charge is -2.19. The number of imide groups is 1. The topological polar surface area (TPSA) is 80.8 Å². The fourth-order valence-corrected chi connectivity index (χ4v) is 3.40. The zero-order valence-electron chi connectivity index (χ0n) is 16.3. The van der Waals surface area contributed by atoms with Gasteiger partial charge in [0.2, 0.25) is 5.88 Å². The summed E-state index contributed by atoms with van der Waals surface area (Å²) < 4.78 is 50.2. The van der Waals surface area contributed by atoms with Crippen LogP contribution in [0, 0.1) is 6.92 Å². The number of anilines is 1. The van der Waals surface area contributed by atoms with Crippen LogP contribution in [-0.4, -0.2) is 28.6 Å². The number of benzene rings is 1. The van der Waals surface area contributed by atoms with Crippen LogP contribution in [0.1, 0.15) is 36.6 Å². The summed E-state index contributed by atoms with van der Waals surface area (Å²) in [7, 11) is 0. The zero-order chi connectivity index (χ0) is 21.8. The molecule has 1 atom stereocenters. The number of ether oxygens (including phenoxy) is 2. The molecule has 10 heteroatoms. The second-order valence-electron chi connectivity index (χ2n) is 7.73. The zero-order valence-corrected chi connectivity index (χ0v) is 16.3. The fraction of sp³-hybridized carbons (Fsp3) is 0.350. The van der Waals surface area contributed by atoms with Crippen LogP contribution in [0.5, 0.6) is 11.6 Å². The predicted molar refractivity (Wildman–Crippen MR) is 99.2 cm³/mol. The molecule has 1 aromatic heterocycles. The van der Waals surface area contributed by atoms with Crippen LogP contribution in [0.2, 0.25) is 0 Å². The first-order valence-electron chi connectivity index (χ1n) is 9.10. The maximum Gasteiger partial charge on any atom is 0.418 e. The van der Waals surface area contributed by atoms with Gasteiger partial charge in [0.05, 0.1) is 6.61 Å². The first kappa shape index (κ1) is 20.1. The summed E-state index contributed by atoms with van der Waals surface area (Å²) in [5.41, 5.74) is 0.0416. The third kappa shape index (κ3) is 3.36. The van der Waals surface area contributed by atoms with Gasteiger partial charge in [0.1, 0.15) is 17.0 Å². The summed E-state index contributed by atoms with van der Waals surface area (Å²) in [6.45, 7) is 4.71. The Bertz CT molecular complexity index is 1050. The smallest absolute Gasteiger partial charge is 0.418 e. The van der Waals surface area contributed by atoms with Gasteiger partial charge in [0, 0.05) is 6.20 Å². The lowest BCUT2D eigenvalue weighted by molar-refractivity contribution is -0.219. The van der Waals surface area contributed by atoms with Crippen molar-refractivity contribution in [1.82, 2.24) is 10.3 Å². The molecule has 7 nitrogen and oxygen atoms in total. The Labute approximate surface area is 169 Å². The first-order valence-corrected chi connectivity index (χ1v) is 9.10. The minimum absolute atomic E-state index is 0.0372. The molecule has 0 spiro atoms. The van der Waals surface area contributed by atoms with E-state index in [1.54, 1.807) is 26.8 Å². The molecular formula is C20H18F3N3O4. The van der Waals surface area contributed by atoms with E-state index >= 15 is 0 Å². The van der Waals surface area contributed by atoms with Gasteiger partial charge in [-0.15, -0.1) is 0 Å². The first-order chi connectivity index (χ1) is 14.0. The second-order valence-corrected chi connectivity index (χ2v) is 7.73. The highest BCUT2D eigenvalue weighted by molar-refractivity contribution is 6.23. The van der Waals surface area contributed by atoms with Crippen LogP contribution in [0.3, 0.4) is 0 Å². The van der Waals surface area contributed by atoms with Crippen LogP contribution in [0.25, 0.3) is 0 Å². The van der Waals surface area contributed by atoms with E-state index in [2.05, 4.69) is 10.3 Å². The summed E-state index contributed by atoms with van der Waals surface area (Å²) >= 11 is 0. The molecule has 30 heavy (non-hydrogen) atoms. The highest BCUT2D eigenvalue weighted by atomic mass is 19.4. The number of hydrogen-bond donors (Lipinski definition) is 1. The third-order valence-corrected chi connectivity index (χ3v) is 4.89. The van der Waals surface area contributed by atoms with Crippen molar-refractivity contribution < 1.29 is 32.2 Å². The van der Waals surface area contributed by atoms with Gasteiger partial charge < -0.3 is 14.8 Å². The summed E-state index contributed by atoms with van der Waals surface area (Å²) in [6, 6.07) is 5.13. The molecule has 1 aromatic carbocycles. The molecule has 1 unspecified atom stereocenters. The SMILES string of the molecule is Cc1cnc(Oc2ccc3c(c2)C(C(F)(F)F)OC3)c(N2C(=O)NC(C)(C)C2=O)c1. The van der Waals surface area contributed by atoms with Crippen LogP contribution in [0.4, 0.5) is 23.7 Å². The number of halogens is 3. The number of carbonyl (C=O) groups excluding carboxylic acids is 2. The van der Waals surface area contributed by atoms with Crippen LogP contribution >= 0.6 is 0 Å². The molecular weight excluding hydrogens is 403 g/mol. The van der Waals surface area contributed by atoms with E-state index < -0.39 is 29.8 Å². The molecule has 2 aromatic rings. The van der Waals surface area contributed by atoms with Crippen molar-refractivity contribution >= 4 is 17.6 Å². The summed E-state index contributed by atoms with van der Waals surface area (Å²) in [4.78, 5) is 30.1. The van der Waals surface area contributed by atoms with E-state index in [4.69, 9.17) is 9.47 Å². The lowest BCUT2D eigenvalue weighted by Crippen LogP contribution is -2.40. The normalized spacial score (nSPS) is 20.3. The van der Waals surface area contributed by atoms with E-state index in [1.807, 2.05) is 0 Å². The van der Waals surface area contributed by atoms with Crippen molar-refractivity contribution in [1.29, 1.82) is 0 Å². The molecule has 0 radical (unpaired) electrons. The average molecular weight is 421 g/mol. The number of urea groups is 1. The standard InChI is InChI=1S/C20H18F3N3O4/c1-10-6-14(26-17(27)19(2,3)25-18(26)28)16(24-8-10)30-12-5-4-11-9-29-15(13(11)7-12)20(21,22)23/h4-8,15H,9H2,1-3H3,(H,25,28). The quantitative estimate of drug-likeness (QED) is 0.753. The fourth-order valence-electron chi connectivity index (χ4n) is 3.40. The van der Waals surface area contributed by atoms with Gasteiger partial charge in [-0.1, -0.05) is 6.07 Å². The number of nitrogens with zero attached hydrogens (tertiary/aromatic N) is 2. The number of aryl methyl sites for hydroxylation is 1. The Morgan fingerprint density at radius 3 is 2.63 bits per heavy atom. The van der Waals surface area contributed by atoms with Crippen molar-refractivity contribution in [2.24, 2.45) is 0 Å². The molecule has 2 aliphatic rings. The van der Waals surface area contributed by atoms with Crippen molar-refractivity contribution in [2.45, 2.75) is 45.2 Å². The van der Waals surface area contributed by atoms with Crippen LogP contribution < -0.4 is 15.0 Å². The number of alkyl halides is 3. The molecule has 0 aliphatic carbocycles. The molecule has 2 aliphatic heterocycles. The Morgan fingerprint density at radius 1 is 1.27 bits per heavy atom. The molecule has 158 valence electrons. The van der Waals surface area contributed by atoms with Gasteiger partial charge in [-0.05, 0) is 55.7 Å². The molecule has 0 bridgehead atoms. The second kappa shape index (κ2) is 6.69. The molecule has 4 rings (SSSR count). The number of pyridine rings is 1. The van der Waals surface area contributed by atoms with Gasteiger partial charge in [0.15, 0.2) is 6.10 Å². The number of hydrogen-bond acceptors (Lipinski definition) is 5. The van der Waals surface area contributed by atoms with Crippen molar-refractivity contribution in [3.05, 3.63) is 47.2 Å². The molecule has 3 heterocycles. The number of carbonyl (C=O) groups is 2. The van der Waals surface area contributed by atoms with Crippen LogP contribution in [0.15, 0.2) is 30.5 Å². The molecule has 1 N–H and O–H groups in total. The minimum Gasteiger partial charge on any atom is -0.437 e. The molecule has 1 fully saturated rings. The average Bonchev–Trinajstić information content (AvgIpc) is 3.15. The Morgan fingerprint density at radius 2 is 2.00 bits per heavy atom. The van der Waals surface area contributed by atoms with E-state index in [1.165, 1.54) is 24.4 Å². The van der Waals surface area contributed by atoms with Crippen molar-refractivity contribution in [3.63, 3.8) is 0 Å². The Hall–Kier alpha value is -3.14. The summed E-state index contributed by atoms with van der Waals surface area (Å²) in [5.74, 6) is -0.495. The summed E-state index contributed by atoms with van der Waals surface area (Å²) in [5, 5.41) is 2.57. The number of amides is 3. The van der Waals surface area contributed by atoms with Gasteiger partial charge in [-0.2, -0.15) is 13.2 Å². The van der Waals surface area contributed by atoms with E-state index in [9.17, 15) is 22.8 Å². The molecule has 3 amide bonds. The Balaban J connectivity index is 1.71. The van der Waals surface area contributed by atoms with E-state index in [0.29, 0.717) is 11.1 Å². The molecule has 0 saturated carbocycles. The number of fused-ring (bicyclic) bond motifs is 1. The van der Waals surface area contributed by atoms with Gasteiger partial charge in [-0.3, -0.25) is 4.79 Å². The monoisotopic (exact) mass is 421 g/mol. The van der Waals surface area contributed by atoms with Crippen molar-refractivity contribution in [3.8, 4) is 11.6 Å². The van der Waals surface area contributed by atoms with Crippen LogP contribution in [-0.2, 0) is 16.1 Å². The van der Waals surface area contributed by atoms with E-state index in [-0.39, 0.29) is 29.5 Å². The maximum absolute atomic E-state index is 13.2. The summed E-state index contributed by atoms with van der Waals surface area (Å²) in [6.07, 6.45) is -5.12. The third-order valence-electron chi connectivity index (χ3n) is 4.89. The van der Waals surface area contributed by atoms with Gasteiger partial charge >= 0.3 is 12.2 Å². The maximum atomic E-state index is 13.2.